The molecule has 3 heterocycles. The van der Waals surface area contributed by atoms with Gasteiger partial charge in [0.05, 0.1) is 25.0 Å². The molecule has 0 unspecified atom stereocenters. The van der Waals surface area contributed by atoms with Gasteiger partial charge in [-0.05, 0) is 195 Å². The van der Waals surface area contributed by atoms with Crippen LogP contribution in [0.5, 0.6) is 11.5 Å². The number of carboxylic acids is 1. The fourth-order valence-corrected chi connectivity index (χ4v) is 12.5. The third-order valence-corrected chi connectivity index (χ3v) is 17.3. The first kappa shape index (κ1) is 62.6. The molecular weight excluding hydrogens is 1050 g/mol. The van der Waals surface area contributed by atoms with Crippen LogP contribution in [0.25, 0.3) is 0 Å². The minimum atomic E-state index is -0.866. The molecule has 2 N–H and O–H groups in total. The summed E-state index contributed by atoms with van der Waals surface area (Å²) in [6.07, 6.45) is 8.96. The Balaban J connectivity index is 0.000000217. The van der Waals surface area contributed by atoms with Gasteiger partial charge in [0.25, 0.3) is 0 Å². The second kappa shape index (κ2) is 28.9. The van der Waals surface area contributed by atoms with Gasteiger partial charge in [-0.25, -0.2) is 4.79 Å². The Bertz CT molecular complexity index is 2850. The Morgan fingerprint density at radius 3 is 1.57 bits per heavy atom. The van der Waals surface area contributed by atoms with Gasteiger partial charge in [0.15, 0.2) is 0 Å². The number of hydrogen-bond donors (Lipinski definition) is 2. The molecule has 2 saturated carbocycles. The normalized spacial score (nSPS) is 22.4. The molecule has 2 aliphatic carbocycles. The van der Waals surface area contributed by atoms with Crippen molar-refractivity contribution in [3.63, 3.8) is 0 Å². The molecule has 2 atom stereocenters. The Kier molecular flexibility index (Phi) is 21.8. The van der Waals surface area contributed by atoms with E-state index in [2.05, 4.69) is 73.1 Å². The van der Waals surface area contributed by atoms with E-state index in [1.165, 1.54) is 16.7 Å². The summed E-state index contributed by atoms with van der Waals surface area (Å²) < 4.78 is 18.0. The molecule has 0 spiro atoms. The van der Waals surface area contributed by atoms with Gasteiger partial charge in [-0.3, -0.25) is 29.0 Å². The number of nitrogens with one attached hydrogen (secondary N) is 1. The number of piperazine rings is 2. The molecule has 3 saturated heterocycles. The molecule has 450 valence electrons. The summed E-state index contributed by atoms with van der Waals surface area (Å²) in [7, 11) is 3.76. The van der Waals surface area contributed by atoms with Crippen LogP contribution in [-0.2, 0) is 49.8 Å². The van der Waals surface area contributed by atoms with Crippen molar-refractivity contribution in [2.24, 2.45) is 11.8 Å². The number of anilines is 2. The molecule has 0 bridgehead atoms. The molecule has 3 aliphatic heterocycles. The van der Waals surface area contributed by atoms with E-state index in [-0.39, 0.29) is 60.3 Å². The number of rotatable bonds is 16. The number of carbonyl (C=O) groups is 5. The number of carbonyl (C=O) groups excluding carboxylic acids is 4. The summed E-state index contributed by atoms with van der Waals surface area (Å²) in [4.78, 5) is 75.2. The lowest BCUT2D eigenvalue weighted by Crippen LogP contribution is -2.54. The van der Waals surface area contributed by atoms with Crippen molar-refractivity contribution in [2.75, 3.05) is 76.3 Å². The van der Waals surface area contributed by atoms with Gasteiger partial charge in [0.2, 0.25) is 17.7 Å². The van der Waals surface area contributed by atoms with E-state index >= 15 is 0 Å². The lowest BCUT2D eigenvalue weighted by Gasteiger charge is -2.40. The monoisotopic (exact) mass is 1140 g/mol. The van der Waals surface area contributed by atoms with Crippen LogP contribution in [0.4, 0.5) is 16.2 Å². The number of amides is 4. The fraction of sp³-hybridized carbons (Fsp3) is 0.567. The minimum absolute atomic E-state index is 0.0182. The van der Waals surface area contributed by atoms with Gasteiger partial charge in [-0.2, -0.15) is 0 Å². The van der Waals surface area contributed by atoms with E-state index in [9.17, 15) is 24.0 Å². The van der Waals surface area contributed by atoms with E-state index in [4.69, 9.17) is 19.3 Å². The van der Waals surface area contributed by atoms with E-state index in [0.717, 1.165) is 151 Å². The summed E-state index contributed by atoms with van der Waals surface area (Å²) in [5.74, 6) is 1.14. The maximum Gasteiger partial charge on any atom is 0.410 e. The quantitative estimate of drug-likeness (QED) is 0.109. The third-order valence-electron chi connectivity index (χ3n) is 17.3. The van der Waals surface area contributed by atoms with Crippen molar-refractivity contribution in [1.82, 2.24) is 24.9 Å². The Hall–Kier alpha value is -6.49. The molecule has 4 aromatic carbocycles. The van der Waals surface area contributed by atoms with Gasteiger partial charge in [-0.1, -0.05) is 36.4 Å². The molecule has 4 amide bonds. The van der Waals surface area contributed by atoms with Crippen LogP contribution in [0.2, 0.25) is 0 Å². The van der Waals surface area contributed by atoms with E-state index in [1.807, 2.05) is 92.0 Å². The third kappa shape index (κ3) is 18.0. The number of aryl methyl sites for hydroxylation is 2. The zero-order valence-corrected chi connectivity index (χ0v) is 51.0. The average molecular weight is 1140 g/mol. The highest BCUT2D eigenvalue weighted by Gasteiger charge is 2.34. The first-order chi connectivity index (χ1) is 39.6. The number of benzene rings is 4. The molecule has 5 aliphatic rings. The van der Waals surface area contributed by atoms with Gasteiger partial charge in [-0.15, -0.1) is 0 Å². The fourth-order valence-electron chi connectivity index (χ4n) is 12.5. The molecule has 5 fully saturated rings. The van der Waals surface area contributed by atoms with Crippen LogP contribution >= 0.6 is 0 Å². The lowest BCUT2D eigenvalue weighted by atomic mass is 9.86. The molecule has 16 nitrogen and oxygen atoms in total. The largest absolute Gasteiger partial charge is 0.490 e. The molecule has 9 rings (SSSR count). The predicted molar refractivity (Wildman–Crippen MR) is 326 cm³/mol. The zero-order valence-electron chi connectivity index (χ0n) is 51.0. The SMILES string of the molecule is Cc1cc(N(C)C(=O)C2CCC(Oc3cccc(CC(=O)N4CCCC4)c3)CC2)ccc1CN1CCN[C@@H](C)C1.Cc1cc(N(C)C(=O)C2CCC(Oc3cccc(CC(=O)O)c3)CC2)ccc1CN1CCN(C(=O)OC(C)(C)C)[C@@H](C)C1. The smallest absolute Gasteiger partial charge is 0.410 e. The van der Waals surface area contributed by atoms with Crippen LogP contribution in [-0.4, -0.2) is 151 Å². The number of carboxylic acid groups (broad SMARTS) is 1. The topological polar surface area (TPSA) is 165 Å². The van der Waals surface area contributed by atoms with Crippen molar-refractivity contribution in [2.45, 2.75) is 168 Å². The number of ether oxygens (including phenoxy) is 3. The van der Waals surface area contributed by atoms with Crippen LogP contribution in [0, 0.1) is 25.7 Å². The second-order valence-electron chi connectivity index (χ2n) is 25.2. The first-order valence-electron chi connectivity index (χ1n) is 30.6. The summed E-state index contributed by atoms with van der Waals surface area (Å²) in [5.41, 5.74) is 8.01. The van der Waals surface area contributed by atoms with Gasteiger partial charge in [0, 0.05) is 115 Å². The molecule has 4 aromatic rings. The number of nitrogens with zero attached hydrogens (tertiary/aromatic N) is 6. The molecule has 16 heteroatoms. The van der Waals surface area contributed by atoms with E-state index in [1.54, 1.807) is 17.0 Å². The van der Waals surface area contributed by atoms with Crippen molar-refractivity contribution in [3.05, 3.63) is 118 Å². The van der Waals surface area contributed by atoms with Crippen molar-refractivity contribution >= 4 is 41.2 Å². The lowest BCUT2D eigenvalue weighted by molar-refractivity contribution is -0.136. The Morgan fingerprint density at radius 2 is 1.11 bits per heavy atom. The first-order valence-corrected chi connectivity index (χ1v) is 30.6. The summed E-state index contributed by atoms with van der Waals surface area (Å²) in [6, 6.07) is 28.5. The number of hydrogen-bond acceptors (Lipinski definition) is 11. The zero-order chi connectivity index (χ0) is 59.4. The van der Waals surface area contributed by atoms with Gasteiger partial charge >= 0.3 is 12.1 Å². The maximum atomic E-state index is 13.4. The number of aliphatic carboxylic acids is 1. The summed E-state index contributed by atoms with van der Waals surface area (Å²) in [6.45, 7) is 23.1. The standard InChI is InChI=1S/C34H47N3O6.C33H46N4O3/c1-23-18-28(13-10-27(23)22-36-16-17-37(24(2)21-36)33(41)43-34(3,4)5)35(6)32(40)26-11-14-29(15-12-26)42-30-9-7-8-25(19-30)20-31(38)39;1-24-19-29(12-9-28(24)23-36-18-15-34-25(2)22-36)35(3)33(39)27-10-13-30(14-11-27)40-31-8-6-7-26(20-31)21-32(38)37-16-4-5-17-37/h7-10,13,18-19,24,26,29H,11-12,14-17,20-22H2,1-6H3,(H,38,39);6-9,12,19-20,25,27,30,34H,4-5,10-11,13-18,21-23H2,1-3H3/t24-,26?,29?;25-,27?,30?/m00/s1. The summed E-state index contributed by atoms with van der Waals surface area (Å²) >= 11 is 0. The van der Waals surface area contributed by atoms with Crippen LogP contribution in [0.3, 0.4) is 0 Å². The van der Waals surface area contributed by atoms with Gasteiger partial charge < -0.3 is 44.2 Å². The Morgan fingerprint density at radius 1 is 0.614 bits per heavy atom. The van der Waals surface area contributed by atoms with Crippen molar-refractivity contribution < 1.29 is 43.3 Å². The highest BCUT2D eigenvalue weighted by Crippen LogP contribution is 2.34. The van der Waals surface area contributed by atoms with Crippen molar-refractivity contribution in [1.29, 1.82) is 0 Å². The maximum absolute atomic E-state index is 13.4. The number of likely N-dealkylation sites (tertiary alicyclic amines) is 1. The van der Waals surface area contributed by atoms with Gasteiger partial charge in [0.1, 0.15) is 17.1 Å². The molecular formula is C67H93N7O9. The van der Waals surface area contributed by atoms with Crippen LogP contribution < -0.4 is 24.6 Å². The molecule has 0 radical (unpaired) electrons. The second-order valence-corrected chi connectivity index (χ2v) is 25.2. The summed E-state index contributed by atoms with van der Waals surface area (Å²) in [5, 5.41) is 12.6. The molecule has 0 aromatic heterocycles. The highest BCUT2D eigenvalue weighted by molar-refractivity contribution is 5.95. The minimum Gasteiger partial charge on any atom is -0.490 e. The molecule has 83 heavy (non-hydrogen) atoms. The van der Waals surface area contributed by atoms with E-state index in [0.29, 0.717) is 30.3 Å². The predicted octanol–water partition coefficient (Wildman–Crippen LogP) is 10.2. The Labute approximate surface area is 493 Å². The highest BCUT2D eigenvalue weighted by atomic mass is 16.6. The van der Waals surface area contributed by atoms with Crippen molar-refractivity contribution in [3.8, 4) is 11.5 Å². The average Bonchev–Trinajstić information content (AvgIpc) is 4.18. The van der Waals surface area contributed by atoms with Crippen LogP contribution in [0.1, 0.15) is 132 Å². The van der Waals surface area contributed by atoms with Crippen LogP contribution in [0.15, 0.2) is 84.9 Å². The van der Waals surface area contributed by atoms with E-state index < -0.39 is 11.6 Å².